The van der Waals surface area contributed by atoms with Crippen LogP contribution in [0.3, 0.4) is 0 Å². The van der Waals surface area contributed by atoms with Gasteiger partial charge in [-0.05, 0) is 43.2 Å². The molecule has 1 unspecified atom stereocenters. The smallest absolute Gasteiger partial charge is 0.0471 e. The topological polar surface area (TPSA) is 23.5 Å². The van der Waals surface area contributed by atoms with Crippen molar-refractivity contribution in [1.82, 2.24) is 4.90 Å². The molecule has 2 nitrogen and oxygen atoms in total. The predicted molar refractivity (Wildman–Crippen MR) is 57.1 cm³/mol. The van der Waals surface area contributed by atoms with Crippen molar-refractivity contribution in [3.63, 3.8) is 0 Å². The van der Waals surface area contributed by atoms with E-state index in [1.807, 2.05) is 0 Å². The Kier molecular flexibility index (Phi) is 3.52. The van der Waals surface area contributed by atoms with Crippen molar-refractivity contribution in [3.05, 3.63) is 0 Å². The van der Waals surface area contributed by atoms with Crippen molar-refractivity contribution in [2.24, 2.45) is 5.92 Å². The van der Waals surface area contributed by atoms with Gasteiger partial charge in [0.05, 0.1) is 0 Å². The molecular weight excluding hydrogens is 182 g/mol. The second kappa shape index (κ2) is 4.67. The van der Waals surface area contributed by atoms with Crippen LogP contribution in [0.4, 0.5) is 0 Å². The number of hydrogen-bond acceptors (Lipinski definition) is 3. The number of aliphatic hydroxyl groups excluding tert-OH is 1. The maximum absolute atomic E-state index is 9.05. The zero-order valence-electron chi connectivity index (χ0n) is 8.11. The second-order valence-corrected chi connectivity index (χ2v) is 5.40. The minimum Gasteiger partial charge on any atom is -0.396 e. The van der Waals surface area contributed by atoms with Crippen molar-refractivity contribution in [2.75, 3.05) is 31.2 Å². The predicted octanol–water partition coefficient (Wildman–Crippen LogP) is 1.20. The molecule has 1 N–H and O–H groups in total. The molecule has 2 rings (SSSR count). The van der Waals surface area contributed by atoms with E-state index in [0.717, 1.165) is 12.6 Å². The maximum atomic E-state index is 9.05. The Labute approximate surface area is 84.7 Å². The van der Waals surface area contributed by atoms with Gasteiger partial charge in [0.25, 0.3) is 0 Å². The lowest BCUT2D eigenvalue weighted by atomic mass is 10.1. The number of nitrogens with zero attached hydrogens (tertiary/aromatic N) is 1. The van der Waals surface area contributed by atoms with E-state index in [2.05, 4.69) is 16.7 Å². The SMILES string of the molecule is OCC1CCN(C2CCSCC2)C1. The summed E-state index contributed by atoms with van der Waals surface area (Å²) in [5.41, 5.74) is 0. The Hall–Kier alpha value is 0.270. The normalized spacial score (nSPS) is 32.5. The van der Waals surface area contributed by atoms with Crippen molar-refractivity contribution in [3.8, 4) is 0 Å². The van der Waals surface area contributed by atoms with Crippen molar-refractivity contribution < 1.29 is 5.11 Å². The molecule has 0 aliphatic carbocycles. The largest absolute Gasteiger partial charge is 0.396 e. The average Bonchev–Trinajstić information content (AvgIpc) is 2.67. The molecule has 0 bridgehead atoms. The van der Waals surface area contributed by atoms with E-state index >= 15 is 0 Å². The van der Waals surface area contributed by atoms with Crippen LogP contribution in [0, 0.1) is 5.92 Å². The highest BCUT2D eigenvalue weighted by atomic mass is 32.2. The third kappa shape index (κ3) is 2.39. The molecule has 1 atom stereocenters. The Morgan fingerprint density at radius 3 is 2.62 bits per heavy atom. The van der Waals surface area contributed by atoms with Gasteiger partial charge in [0, 0.05) is 19.2 Å². The van der Waals surface area contributed by atoms with E-state index in [1.165, 1.54) is 37.3 Å². The van der Waals surface area contributed by atoms with E-state index < -0.39 is 0 Å². The molecule has 0 amide bonds. The number of thioether (sulfide) groups is 1. The first-order valence-corrected chi connectivity index (χ1v) is 6.48. The summed E-state index contributed by atoms with van der Waals surface area (Å²) >= 11 is 2.09. The summed E-state index contributed by atoms with van der Waals surface area (Å²) in [6.07, 6.45) is 3.94. The molecule has 0 aromatic heterocycles. The molecule has 0 spiro atoms. The fourth-order valence-electron chi connectivity index (χ4n) is 2.39. The first-order valence-electron chi connectivity index (χ1n) is 5.33. The van der Waals surface area contributed by atoms with E-state index in [-0.39, 0.29) is 0 Å². The summed E-state index contributed by atoms with van der Waals surface area (Å²) < 4.78 is 0. The summed E-state index contributed by atoms with van der Waals surface area (Å²) in [6.45, 7) is 2.75. The molecule has 0 saturated carbocycles. The van der Waals surface area contributed by atoms with Gasteiger partial charge in [0.2, 0.25) is 0 Å². The first-order chi connectivity index (χ1) is 6.40. The van der Waals surface area contributed by atoms with Crippen molar-refractivity contribution in [2.45, 2.75) is 25.3 Å². The summed E-state index contributed by atoms with van der Waals surface area (Å²) in [5, 5.41) is 9.05. The van der Waals surface area contributed by atoms with E-state index in [0.29, 0.717) is 12.5 Å². The molecular formula is C10H19NOS. The third-order valence-corrected chi connectivity index (χ3v) is 4.33. The standard InChI is InChI=1S/C10H19NOS/c12-8-9-1-4-11(7-9)10-2-5-13-6-3-10/h9-10,12H,1-8H2. The summed E-state index contributed by atoms with van der Waals surface area (Å²) in [6, 6.07) is 0.831. The van der Waals surface area contributed by atoms with Gasteiger partial charge in [-0.3, -0.25) is 4.90 Å². The molecule has 2 saturated heterocycles. The van der Waals surface area contributed by atoms with Gasteiger partial charge in [0.1, 0.15) is 0 Å². The van der Waals surface area contributed by atoms with Gasteiger partial charge in [0.15, 0.2) is 0 Å². The first kappa shape index (κ1) is 9.81. The highest BCUT2D eigenvalue weighted by Crippen LogP contribution is 2.26. The van der Waals surface area contributed by atoms with Crippen LogP contribution in [0.1, 0.15) is 19.3 Å². The van der Waals surface area contributed by atoms with Crippen LogP contribution in [0.15, 0.2) is 0 Å². The highest BCUT2D eigenvalue weighted by Gasteiger charge is 2.28. The summed E-state index contributed by atoms with van der Waals surface area (Å²) in [7, 11) is 0. The molecule has 2 heterocycles. The number of aliphatic hydroxyl groups is 1. The molecule has 3 heteroatoms. The zero-order valence-corrected chi connectivity index (χ0v) is 8.93. The van der Waals surface area contributed by atoms with Gasteiger partial charge < -0.3 is 5.11 Å². The minimum atomic E-state index is 0.387. The van der Waals surface area contributed by atoms with Crippen molar-refractivity contribution in [1.29, 1.82) is 0 Å². The van der Waals surface area contributed by atoms with Gasteiger partial charge >= 0.3 is 0 Å². The summed E-state index contributed by atoms with van der Waals surface area (Å²) in [4.78, 5) is 2.60. The lowest BCUT2D eigenvalue weighted by Crippen LogP contribution is -2.36. The Balaban J connectivity index is 1.80. The molecule has 0 radical (unpaired) electrons. The monoisotopic (exact) mass is 201 g/mol. The molecule has 2 aliphatic rings. The van der Waals surface area contributed by atoms with E-state index in [1.54, 1.807) is 0 Å². The molecule has 0 aromatic rings. The zero-order chi connectivity index (χ0) is 9.10. The molecule has 76 valence electrons. The van der Waals surface area contributed by atoms with Crippen LogP contribution in [0.2, 0.25) is 0 Å². The van der Waals surface area contributed by atoms with Crippen LogP contribution in [-0.4, -0.2) is 47.3 Å². The fraction of sp³-hybridized carbons (Fsp3) is 1.00. The van der Waals surface area contributed by atoms with Crippen LogP contribution in [0.25, 0.3) is 0 Å². The quantitative estimate of drug-likeness (QED) is 0.726. The lowest BCUT2D eigenvalue weighted by Gasteiger charge is -2.30. The fourth-order valence-corrected chi connectivity index (χ4v) is 3.48. The second-order valence-electron chi connectivity index (χ2n) is 4.18. The average molecular weight is 201 g/mol. The number of rotatable bonds is 2. The third-order valence-electron chi connectivity index (χ3n) is 3.28. The molecule has 2 fully saturated rings. The van der Waals surface area contributed by atoms with Crippen LogP contribution >= 0.6 is 11.8 Å². The number of hydrogen-bond donors (Lipinski definition) is 1. The van der Waals surface area contributed by atoms with Gasteiger partial charge in [-0.15, -0.1) is 0 Å². The number of likely N-dealkylation sites (tertiary alicyclic amines) is 1. The Bertz CT molecular complexity index is 159. The Morgan fingerprint density at radius 2 is 2.00 bits per heavy atom. The Morgan fingerprint density at radius 1 is 1.23 bits per heavy atom. The lowest BCUT2D eigenvalue weighted by molar-refractivity contribution is 0.191. The van der Waals surface area contributed by atoms with Crippen molar-refractivity contribution >= 4 is 11.8 Å². The highest BCUT2D eigenvalue weighted by molar-refractivity contribution is 7.99. The van der Waals surface area contributed by atoms with Gasteiger partial charge in [-0.1, -0.05) is 0 Å². The van der Waals surface area contributed by atoms with Crippen LogP contribution in [0.5, 0.6) is 0 Å². The van der Waals surface area contributed by atoms with Gasteiger partial charge in [-0.25, -0.2) is 0 Å². The minimum absolute atomic E-state index is 0.387. The van der Waals surface area contributed by atoms with Gasteiger partial charge in [-0.2, -0.15) is 11.8 Å². The maximum Gasteiger partial charge on any atom is 0.0471 e. The molecule has 13 heavy (non-hydrogen) atoms. The summed E-state index contributed by atoms with van der Waals surface area (Å²) in [5.74, 6) is 3.24. The molecule has 2 aliphatic heterocycles. The van der Waals surface area contributed by atoms with E-state index in [4.69, 9.17) is 5.11 Å². The van der Waals surface area contributed by atoms with E-state index in [9.17, 15) is 0 Å². The van der Waals surface area contributed by atoms with Crippen LogP contribution < -0.4 is 0 Å². The molecule has 0 aromatic carbocycles. The van der Waals surface area contributed by atoms with Crippen LogP contribution in [-0.2, 0) is 0 Å².